The van der Waals surface area contributed by atoms with Crippen LogP contribution in [0.15, 0.2) is 24.3 Å². The van der Waals surface area contributed by atoms with Gasteiger partial charge in [0, 0.05) is 11.1 Å². The van der Waals surface area contributed by atoms with Crippen molar-refractivity contribution in [1.82, 2.24) is 0 Å². The maximum absolute atomic E-state index is 12.3. The van der Waals surface area contributed by atoms with Gasteiger partial charge in [-0.1, -0.05) is 13.2 Å². The molecular weight excluding hydrogens is 368 g/mol. The minimum Gasteiger partial charge on any atom is -0.464 e. The maximum atomic E-state index is 12.3. The summed E-state index contributed by atoms with van der Waals surface area (Å²) < 4.78 is 45.6. The summed E-state index contributed by atoms with van der Waals surface area (Å²) in [7, 11) is -4.39. The second-order valence-electron chi connectivity index (χ2n) is 6.20. The van der Waals surface area contributed by atoms with Gasteiger partial charge in [0.15, 0.2) is 0 Å². The van der Waals surface area contributed by atoms with E-state index in [-0.39, 0.29) is 11.1 Å². The number of carbonyl (C=O) groups is 3. The van der Waals surface area contributed by atoms with Crippen molar-refractivity contribution < 1.29 is 41.6 Å². The van der Waals surface area contributed by atoms with Crippen LogP contribution >= 0.6 is 0 Å². The van der Waals surface area contributed by atoms with Gasteiger partial charge in [-0.3, -0.25) is 9.35 Å². The minimum atomic E-state index is -4.39. The Morgan fingerprint density at radius 2 is 1.38 bits per heavy atom. The lowest BCUT2D eigenvalue weighted by molar-refractivity contribution is -0.168. The monoisotopic (exact) mass is 392 g/mol. The first-order chi connectivity index (χ1) is 11.7. The van der Waals surface area contributed by atoms with Crippen LogP contribution in [0.5, 0.6) is 0 Å². The van der Waals surface area contributed by atoms with Gasteiger partial charge in [-0.05, 0) is 27.7 Å². The SMILES string of the molecule is C=C(C)C(=O)OCC(C)(COC(=O)C(=C)C)C(=O)OCC(C)S(=O)(=O)O. The molecule has 1 N–H and O–H groups in total. The van der Waals surface area contributed by atoms with E-state index in [9.17, 15) is 22.8 Å². The highest BCUT2D eigenvalue weighted by atomic mass is 32.2. The van der Waals surface area contributed by atoms with Gasteiger partial charge < -0.3 is 14.2 Å². The lowest BCUT2D eigenvalue weighted by Gasteiger charge is -2.27. The summed E-state index contributed by atoms with van der Waals surface area (Å²) in [4.78, 5) is 35.4. The van der Waals surface area contributed by atoms with Crippen molar-refractivity contribution >= 4 is 28.0 Å². The number of esters is 3. The van der Waals surface area contributed by atoms with Crippen molar-refractivity contribution in [1.29, 1.82) is 0 Å². The summed E-state index contributed by atoms with van der Waals surface area (Å²) in [5.41, 5.74) is -1.41. The van der Waals surface area contributed by atoms with E-state index < -0.39 is 58.5 Å². The van der Waals surface area contributed by atoms with Gasteiger partial charge in [0.1, 0.15) is 30.5 Å². The summed E-state index contributed by atoms with van der Waals surface area (Å²) in [6.07, 6.45) is 0. The fourth-order valence-corrected chi connectivity index (χ4v) is 1.55. The molecule has 0 saturated carbocycles. The van der Waals surface area contributed by atoms with Crippen LogP contribution in [-0.2, 0) is 38.7 Å². The highest BCUT2D eigenvalue weighted by Gasteiger charge is 2.39. The van der Waals surface area contributed by atoms with Gasteiger partial charge >= 0.3 is 17.9 Å². The highest BCUT2D eigenvalue weighted by molar-refractivity contribution is 7.86. The van der Waals surface area contributed by atoms with Crippen LogP contribution in [0, 0.1) is 5.41 Å². The van der Waals surface area contributed by atoms with E-state index in [0.29, 0.717) is 0 Å². The third-order valence-corrected chi connectivity index (χ3v) is 4.34. The molecule has 0 aromatic rings. The smallest absolute Gasteiger partial charge is 0.333 e. The van der Waals surface area contributed by atoms with Crippen LogP contribution in [0.4, 0.5) is 0 Å². The molecule has 26 heavy (non-hydrogen) atoms. The Bertz CT molecular complexity index is 661. The zero-order valence-electron chi connectivity index (χ0n) is 15.2. The van der Waals surface area contributed by atoms with E-state index in [1.165, 1.54) is 20.8 Å². The summed E-state index contributed by atoms with van der Waals surface area (Å²) >= 11 is 0. The normalized spacial score (nSPS) is 12.7. The Labute approximate surface area is 152 Å². The predicted molar refractivity (Wildman–Crippen MR) is 91.6 cm³/mol. The average Bonchev–Trinajstić information content (AvgIpc) is 2.53. The van der Waals surface area contributed by atoms with Crippen molar-refractivity contribution in [3.8, 4) is 0 Å². The zero-order valence-corrected chi connectivity index (χ0v) is 16.1. The fourth-order valence-electron chi connectivity index (χ4n) is 1.31. The molecule has 0 heterocycles. The molecule has 0 aromatic carbocycles. The van der Waals surface area contributed by atoms with E-state index >= 15 is 0 Å². The molecule has 0 saturated heterocycles. The van der Waals surface area contributed by atoms with Crippen LogP contribution in [0.25, 0.3) is 0 Å². The Hall–Kier alpha value is -2.20. The van der Waals surface area contributed by atoms with Crippen LogP contribution in [0.3, 0.4) is 0 Å². The zero-order chi connectivity index (χ0) is 20.7. The average molecular weight is 392 g/mol. The van der Waals surface area contributed by atoms with E-state index in [4.69, 9.17) is 18.8 Å². The molecule has 0 aromatic heterocycles. The molecule has 0 rings (SSSR count). The summed E-state index contributed by atoms with van der Waals surface area (Å²) in [6.45, 7) is 10.4. The molecule has 0 fully saturated rings. The molecule has 1 atom stereocenters. The van der Waals surface area contributed by atoms with Crippen molar-refractivity contribution in [2.75, 3.05) is 19.8 Å². The van der Waals surface area contributed by atoms with Crippen LogP contribution in [-0.4, -0.2) is 55.9 Å². The van der Waals surface area contributed by atoms with Gasteiger partial charge in [0.05, 0.1) is 0 Å². The number of hydrogen-bond acceptors (Lipinski definition) is 8. The molecule has 0 aliphatic carbocycles. The number of ether oxygens (including phenoxy) is 3. The van der Waals surface area contributed by atoms with Crippen molar-refractivity contribution in [2.24, 2.45) is 5.41 Å². The molecule has 0 radical (unpaired) electrons. The number of hydrogen-bond donors (Lipinski definition) is 1. The Morgan fingerprint density at radius 3 is 1.69 bits per heavy atom. The molecule has 10 heteroatoms. The third-order valence-electron chi connectivity index (χ3n) is 3.19. The van der Waals surface area contributed by atoms with E-state index in [1.807, 2.05) is 0 Å². The minimum absolute atomic E-state index is 0.0969. The van der Waals surface area contributed by atoms with Gasteiger partial charge in [-0.15, -0.1) is 0 Å². The Morgan fingerprint density at radius 1 is 1.00 bits per heavy atom. The summed E-state index contributed by atoms with van der Waals surface area (Å²) in [5, 5.41) is -1.35. The van der Waals surface area contributed by atoms with Gasteiger partial charge in [0.2, 0.25) is 0 Å². The first-order valence-corrected chi connectivity index (χ1v) is 9.00. The largest absolute Gasteiger partial charge is 0.464 e. The molecular formula is C16H24O9S. The molecule has 0 aliphatic heterocycles. The second kappa shape index (κ2) is 9.48. The van der Waals surface area contributed by atoms with Crippen molar-refractivity contribution in [2.45, 2.75) is 32.9 Å². The molecule has 9 nitrogen and oxygen atoms in total. The standard InChI is InChI=1S/C16H24O9S/c1-10(2)13(17)24-8-16(6,9-25-14(18)11(3)4)15(19)23-7-12(5)26(20,21)22/h12H,1,3,7-9H2,2,4-6H3,(H,20,21,22). The quantitative estimate of drug-likeness (QED) is 0.250. The van der Waals surface area contributed by atoms with Crippen LogP contribution in [0.1, 0.15) is 27.7 Å². The molecule has 148 valence electrons. The Balaban J connectivity index is 5.18. The lowest BCUT2D eigenvalue weighted by Crippen LogP contribution is -2.41. The topological polar surface area (TPSA) is 133 Å². The van der Waals surface area contributed by atoms with Crippen LogP contribution < -0.4 is 0 Å². The van der Waals surface area contributed by atoms with E-state index in [0.717, 1.165) is 6.92 Å². The first-order valence-electron chi connectivity index (χ1n) is 7.49. The third kappa shape index (κ3) is 7.79. The number of carbonyl (C=O) groups excluding carboxylic acids is 3. The lowest BCUT2D eigenvalue weighted by atomic mass is 9.93. The molecule has 0 amide bonds. The second-order valence-corrected chi connectivity index (χ2v) is 8.03. The van der Waals surface area contributed by atoms with Gasteiger partial charge in [0.25, 0.3) is 10.1 Å². The maximum Gasteiger partial charge on any atom is 0.333 e. The molecule has 0 aliphatic rings. The van der Waals surface area contributed by atoms with Crippen LogP contribution in [0.2, 0.25) is 0 Å². The van der Waals surface area contributed by atoms with E-state index in [2.05, 4.69) is 13.2 Å². The van der Waals surface area contributed by atoms with Crippen molar-refractivity contribution in [3.63, 3.8) is 0 Å². The fraction of sp³-hybridized carbons (Fsp3) is 0.562. The first kappa shape index (κ1) is 23.8. The summed E-state index contributed by atoms with van der Waals surface area (Å²) in [5.74, 6) is -2.50. The van der Waals surface area contributed by atoms with Gasteiger partial charge in [-0.25, -0.2) is 9.59 Å². The van der Waals surface area contributed by atoms with E-state index in [1.54, 1.807) is 0 Å². The summed E-state index contributed by atoms with van der Waals surface area (Å²) in [6, 6.07) is 0. The molecule has 1 unspecified atom stereocenters. The Kier molecular flexibility index (Phi) is 8.68. The van der Waals surface area contributed by atoms with Gasteiger partial charge in [-0.2, -0.15) is 8.42 Å². The number of rotatable bonds is 10. The molecule has 0 bridgehead atoms. The van der Waals surface area contributed by atoms with Crippen molar-refractivity contribution in [3.05, 3.63) is 24.3 Å². The molecule has 0 spiro atoms. The predicted octanol–water partition coefficient (Wildman–Crippen LogP) is 1.05. The highest BCUT2D eigenvalue weighted by Crippen LogP contribution is 2.22.